The zero-order valence-electron chi connectivity index (χ0n) is 7.49. The number of pyridine rings is 2. The van der Waals surface area contributed by atoms with Gasteiger partial charge in [-0.1, -0.05) is 17.1 Å². The summed E-state index contributed by atoms with van der Waals surface area (Å²) >= 11 is 6.01. The molecule has 0 atom stereocenters. The van der Waals surface area contributed by atoms with Gasteiger partial charge in [0.1, 0.15) is 7.85 Å². The first-order valence-electron chi connectivity index (χ1n) is 3.96. The molecule has 0 spiro atoms. The highest BCUT2D eigenvalue weighted by molar-refractivity contribution is 6.47. The molecular formula is C9H6BClN2O. The van der Waals surface area contributed by atoms with E-state index in [1.165, 1.54) is 6.20 Å². The summed E-state index contributed by atoms with van der Waals surface area (Å²) < 4.78 is 4.98. The summed E-state index contributed by atoms with van der Waals surface area (Å²) in [7, 11) is 7.17. The van der Waals surface area contributed by atoms with Crippen LogP contribution in [-0.2, 0) is 0 Å². The van der Waals surface area contributed by atoms with Crippen LogP contribution in [-0.4, -0.2) is 24.9 Å². The summed E-state index contributed by atoms with van der Waals surface area (Å²) in [5.74, 6) is 0.492. The lowest BCUT2D eigenvalue weighted by Gasteiger charge is -2.04. The Morgan fingerprint density at radius 2 is 2.14 bits per heavy atom. The third-order valence-electron chi connectivity index (χ3n) is 1.90. The lowest BCUT2D eigenvalue weighted by Crippen LogP contribution is -2.05. The van der Waals surface area contributed by atoms with Gasteiger partial charge in [0.25, 0.3) is 0 Å². The van der Waals surface area contributed by atoms with E-state index in [1.54, 1.807) is 19.4 Å². The van der Waals surface area contributed by atoms with Crippen molar-refractivity contribution in [1.82, 2.24) is 9.97 Å². The fourth-order valence-electron chi connectivity index (χ4n) is 1.17. The number of fused-ring (bicyclic) bond motifs is 1. The van der Waals surface area contributed by atoms with Crippen LogP contribution in [0.15, 0.2) is 18.5 Å². The summed E-state index contributed by atoms with van der Waals surface area (Å²) in [6.07, 6.45) is 3.11. The van der Waals surface area contributed by atoms with Gasteiger partial charge in [-0.25, -0.2) is 4.98 Å². The van der Waals surface area contributed by atoms with Crippen molar-refractivity contribution >= 4 is 35.8 Å². The standard InChI is InChI=1S/C9H6BClN2O/c1-14-8-2-5-7(4-13-8)12-3-6(10)9(5)11/h2-4H,1H3. The van der Waals surface area contributed by atoms with Crippen molar-refractivity contribution in [2.45, 2.75) is 0 Å². The second-order valence-corrected chi connectivity index (χ2v) is 3.15. The molecule has 3 nitrogen and oxygen atoms in total. The van der Waals surface area contributed by atoms with Gasteiger partial charge in [0.05, 0.1) is 18.8 Å². The van der Waals surface area contributed by atoms with Crippen LogP contribution < -0.4 is 10.2 Å². The second-order valence-electron chi connectivity index (χ2n) is 2.77. The molecule has 2 rings (SSSR count). The molecule has 0 amide bonds. The van der Waals surface area contributed by atoms with Crippen molar-refractivity contribution in [1.29, 1.82) is 0 Å². The van der Waals surface area contributed by atoms with Gasteiger partial charge >= 0.3 is 0 Å². The number of nitrogens with zero attached hydrogens (tertiary/aromatic N) is 2. The van der Waals surface area contributed by atoms with Crippen LogP contribution in [0.25, 0.3) is 10.9 Å². The fraction of sp³-hybridized carbons (Fsp3) is 0.111. The lowest BCUT2D eigenvalue weighted by molar-refractivity contribution is 0.398. The molecule has 0 fully saturated rings. The molecule has 0 bridgehead atoms. The van der Waals surface area contributed by atoms with Crippen molar-refractivity contribution in [3.63, 3.8) is 0 Å². The van der Waals surface area contributed by atoms with Gasteiger partial charge in [0, 0.05) is 22.7 Å². The van der Waals surface area contributed by atoms with Crippen molar-refractivity contribution in [3.8, 4) is 5.88 Å². The van der Waals surface area contributed by atoms with Crippen LogP contribution in [0.3, 0.4) is 0 Å². The van der Waals surface area contributed by atoms with Crippen LogP contribution in [0, 0.1) is 0 Å². The van der Waals surface area contributed by atoms with Gasteiger partial charge in [-0.15, -0.1) is 0 Å². The molecule has 68 valence electrons. The van der Waals surface area contributed by atoms with Gasteiger partial charge in [0.15, 0.2) is 0 Å². The number of aromatic nitrogens is 2. The minimum absolute atomic E-state index is 0.451. The van der Waals surface area contributed by atoms with Crippen molar-refractivity contribution < 1.29 is 4.74 Å². The average molecular weight is 204 g/mol. The molecule has 2 aromatic rings. The SMILES string of the molecule is [B]c1cnc2cnc(OC)cc2c1Cl. The molecule has 0 saturated carbocycles. The molecule has 0 saturated heterocycles. The molecule has 5 heteroatoms. The van der Waals surface area contributed by atoms with Crippen LogP contribution >= 0.6 is 11.6 Å². The Morgan fingerprint density at radius 3 is 2.86 bits per heavy atom. The minimum atomic E-state index is 0.451. The Bertz CT molecular complexity index is 489. The molecule has 14 heavy (non-hydrogen) atoms. The Balaban J connectivity index is 2.78. The topological polar surface area (TPSA) is 35.0 Å². The van der Waals surface area contributed by atoms with E-state index in [0.29, 0.717) is 21.9 Å². The largest absolute Gasteiger partial charge is 0.481 e. The van der Waals surface area contributed by atoms with E-state index in [9.17, 15) is 0 Å². The predicted octanol–water partition coefficient (Wildman–Crippen LogP) is 1.09. The van der Waals surface area contributed by atoms with Crippen LogP contribution in [0.5, 0.6) is 5.88 Å². The van der Waals surface area contributed by atoms with E-state index in [0.717, 1.165) is 5.39 Å². The molecule has 2 aromatic heterocycles. The van der Waals surface area contributed by atoms with Gasteiger partial charge in [0.2, 0.25) is 5.88 Å². The smallest absolute Gasteiger partial charge is 0.213 e. The minimum Gasteiger partial charge on any atom is -0.481 e. The molecule has 0 aliphatic heterocycles. The molecule has 2 heterocycles. The van der Waals surface area contributed by atoms with Gasteiger partial charge in [-0.3, -0.25) is 4.98 Å². The highest BCUT2D eigenvalue weighted by atomic mass is 35.5. The maximum absolute atomic E-state index is 6.01. The van der Waals surface area contributed by atoms with Crippen molar-refractivity contribution in [3.05, 3.63) is 23.5 Å². The molecule has 0 unspecified atom stereocenters. The van der Waals surface area contributed by atoms with Crippen molar-refractivity contribution in [2.24, 2.45) is 0 Å². The zero-order valence-corrected chi connectivity index (χ0v) is 8.25. The van der Waals surface area contributed by atoms with E-state index in [-0.39, 0.29) is 0 Å². The number of rotatable bonds is 1. The fourth-order valence-corrected chi connectivity index (χ4v) is 1.37. The highest BCUT2D eigenvalue weighted by Gasteiger charge is 2.04. The number of hydrogen-bond donors (Lipinski definition) is 0. The average Bonchev–Trinajstić information content (AvgIpc) is 2.23. The van der Waals surface area contributed by atoms with E-state index in [2.05, 4.69) is 9.97 Å². The van der Waals surface area contributed by atoms with Gasteiger partial charge < -0.3 is 4.74 Å². The molecule has 2 radical (unpaired) electrons. The van der Waals surface area contributed by atoms with Crippen LogP contribution in [0.4, 0.5) is 0 Å². The Hall–Kier alpha value is -1.29. The second kappa shape index (κ2) is 3.46. The highest BCUT2D eigenvalue weighted by Crippen LogP contribution is 2.21. The normalized spacial score (nSPS) is 10.4. The first-order chi connectivity index (χ1) is 6.72. The third-order valence-corrected chi connectivity index (χ3v) is 2.32. The summed E-state index contributed by atoms with van der Waals surface area (Å²) in [6.45, 7) is 0. The third kappa shape index (κ3) is 1.42. The first-order valence-corrected chi connectivity index (χ1v) is 4.34. The number of methoxy groups -OCH3 is 1. The quantitative estimate of drug-likeness (QED) is 0.652. The maximum atomic E-state index is 6.01. The van der Waals surface area contributed by atoms with Crippen LogP contribution in [0.2, 0.25) is 5.02 Å². The predicted molar refractivity (Wildman–Crippen MR) is 56.5 cm³/mol. The number of ether oxygens (including phenoxy) is 1. The van der Waals surface area contributed by atoms with E-state index in [4.69, 9.17) is 24.2 Å². The Kier molecular flexibility index (Phi) is 2.29. The van der Waals surface area contributed by atoms with Gasteiger partial charge in [-0.05, 0) is 0 Å². The number of halogens is 1. The summed E-state index contributed by atoms with van der Waals surface area (Å²) in [5, 5.41) is 1.23. The van der Waals surface area contributed by atoms with Crippen LogP contribution in [0.1, 0.15) is 0 Å². The Morgan fingerprint density at radius 1 is 1.36 bits per heavy atom. The Labute approximate surface area is 87.5 Å². The molecule has 0 aliphatic rings. The van der Waals surface area contributed by atoms with E-state index in [1.807, 2.05) is 0 Å². The summed E-state index contributed by atoms with van der Waals surface area (Å²) in [4.78, 5) is 8.10. The maximum Gasteiger partial charge on any atom is 0.213 e. The van der Waals surface area contributed by atoms with Crippen molar-refractivity contribution in [2.75, 3.05) is 7.11 Å². The summed E-state index contributed by atoms with van der Waals surface area (Å²) in [5.41, 5.74) is 1.15. The van der Waals surface area contributed by atoms with E-state index >= 15 is 0 Å². The first kappa shape index (κ1) is 9.28. The number of hydrogen-bond acceptors (Lipinski definition) is 3. The summed E-state index contributed by atoms with van der Waals surface area (Å²) in [6, 6.07) is 1.71. The monoisotopic (exact) mass is 204 g/mol. The van der Waals surface area contributed by atoms with E-state index < -0.39 is 0 Å². The zero-order chi connectivity index (χ0) is 10.1. The molecular weight excluding hydrogens is 198 g/mol. The molecule has 0 aliphatic carbocycles. The molecule has 0 N–H and O–H groups in total. The molecule has 0 aromatic carbocycles. The lowest BCUT2D eigenvalue weighted by atomic mass is 9.97. The van der Waals surface area contributed by atoms with Gasteiger partial charge in [-0.2, -0.15) is 0 Å².